The number of fused-ring (bicyclic) bond motifs is 1. The van der Waals surface area contributed by atoms with Crippen molar-refractivity contribution in [1.82, 2.24) is 14.8 Å². The van der Waals surface area contributed by atoms with Gasteiger partial charge in [-0.15, -0.1) is 0 Å². The Kier molecular flexibility index (Phi) is 5.92. The summed E-state index contributed by atoms with van der Waals surface area (Å²) in [6.45, 7) is 4.72. The predicted molar refractivity (Wildman–Crippen MR) is 122 cm³/mol. The lowest BCUT2D eigenvalue weighted by Crippen LogP contribution is -2.37. The molecule has 4 rings (SSSR count). The van der Waals surface area contributed by atoms with E-state index in [1.807, 2.05) is 25.2 Å². The maximum Gasteiger partial charge on any atom is 0.256 e. The van der Waals surface area contributed by atoms with Gasteiger partial charge in [0.15, 0.2) is 0 Å². The number of nitrogens with one attached hydrogen (secondary N) is 1. The molecule has 1 N–H and O–H groups in total. The lowest BCUT2D eigenvalue weighted by atomic mass is 9.96. The summed E-state index contributed by atoms with van der Waals surface area (Å²) in [4.78, 5) is 32.3. The lowest BCUT2D eigenvalue weighted by molar-refractivity contribution is 0.0747. The van der Waals surface area contributed by atoms with E-state index in [9.17, 15) is 14.0 Å². The fourth-order valence-corrected chi connectivity index (χ4v) is 4.39. The zero-order valence-electron chi connectivity index (χ0n) is 18.2. The molecule has 1 saturated heterocycles. The first kappa shape index (κ1) is 21.2. The molecule has 5 nitrogen and oxygen atoms in total. The van der Waals surface area contributed by atoms with E-state index in [1.54, 1.807) is 24.0 Å². The molecule has 6 heteroatoms. The van der Waals surface area contributed by atoms with Crippen molar-refractivity contribution in [3.05, 3.63) is 69.8 Å². The Morgan fingerprint density at radius 3 is 2.48 bits per heavy atom. The van der Waals surface area contributed by atoms with Crippen LogP contribution in [0.15, 0.2) is 47.3 Å². The van der Waals surface area contributed by atoms with Gasteiger partial charge in [-0.2, -0.15) is 0 Å². The summed E-state index contributed by atoms with van der Waals surface area (Å²) in [6, 6.07) is 11.8. The minimum Gasteiger partial charge on any atom is -0.341 e. The Labute approximate surface area is 181 Å². The van der Waals surface area contributed by atoms with Crippen LogP contribution in [0, 0.1) is 18.7 Å². The molecule has 1 aliphatic heterocycles. The van der Waals surface area contributed by atoms with E-state index in [1.165, 1.54) is 12.1 Å². The lowest BCUT2D eigenvalue weighted by Gasteiger charge is -2.31. The number of carbonyl (C=O) groups is 1. The second-order valence-electron chi connectivity index (χ2n) is 8.71. The van der Waals surface area contributed by atoms with Crippen LogP contribution >= 0.6 is 0 Å². The van der Waals surface area contributed by atoms with Gasteiger partial charge in [-0.25, -0.2) is 4.39 Å². The summed E-state index contributed by atoms with van der Waals surface area (Å²) in [5.74, 6) is 0.124. The number of H-pyrrole nitrogens is 1. The van der Waals surface area contributed by atoms with Crippen LogP contribution in [-0.4, -0.2) is 54.4 Å². The van der Waals surface area contributed by atoms with Gasteiger partial charge in [-0.05, 0) is 92.7 Å². The van der Waals surface area contributed by atoms with Crippen molar-refractivity contribution in [3.8, 4) is 11.3 Å². The Balaban J connectivity index is 1.53. The standard InChI is InChI=1S/C25H28FN3O2/c1-16-12-20(26)13-22-21(16)14-23(27-24(22)30)18-4-6-19(7-5-18)25(31)29(3)15-17-8-10-28(2)11-9-17/h4-7,12-14,17H,8-11,15H2,1-3H3,(H,27,30). The van der Waals surface area contributed by atoms with E-state index in [0.29, 0.717) is 28.1 Å². The SMILES string of the molecule is Cc1cc(F)cc2c(=O)[nH]c(-c3ccc(C(=O)N(C)CC4CCN(C)CC4)cc3)cc12. The predicted octanol–water partition coefficient (Wildman–Crippen LogP) is 4.06. The van der Waals surface area contributed by atoms with Gasteiger partial charge in [0.2, 0.25) is 0 Å². The fraction of sp³-hybridized carbons (Fsp3) is 0.360. The van der Waals surface area contributed by atoms with Crippen LogP contribution in [0.4, 0.5) is 4.39 Å². The number of halogens is 1. The third-order valence-corrected chi connectivity index (χ3v) is 6.29. The number of aromatic amines is 1. The van der Waals surface area contributed by atoms with Crippen molar-refractivity contribution in [1.29, 1.82) is 0 Å². The van der Waals surface area contributed by atoms with Crippen molar-refractivity contribution >= 4 is 16.7 Å². The maximum absolute atomic E-state index is 13.7. The van der Waals surface area contributed by atoms with Gasteiger partial charge in [0.1, 0.15) is 5.82 Å². The third-order valence-electron chi connectivity index (χ3n) is 6.29. The van der Waals surface area contributed by atoms with Gasteiger partial charge in [0.25, 0.3) is 11.5 Å². The molecule has 3 aromatic rings. The summed E-state index contributed by atoms with van der Waals surface area (Å²) >= 11 is 0. The molecule has 0 unspecified atom stereocenters. The van der Waals surface area contributed by atoms with Gasteiger partial charge in [-0.1, -0.05) is 12.1 Å². The summed E-state index contributed by atoms with van der Waals surface area (Å²) in [6.07, 6.45) is 2.23. The highest BCUT2D eigenvalue weighted by Gasteiger charge is 2.21. The molecule has 1 amide bonds. The summed E-state index contributed by atoms with van der Waals surface area (Å²) in [7, 11) is 3.99. The fourth-order valence-electron chi connectivity index (χ4n) is 4.39. The summed E-state index contributed by atoms with van der Waals surface area (Å²) < 4.78 is 13.7. The first-order valence-electron chi connectivity index (χ1n) is 10.7. The second kappa shape index (κ2) is 8.63. The number of benzene rings is 2. The van der Waals surface area contributed by atoms with E-state index in [4.69, 9.17) is 0 Å². The quantitative estimate of drug-likeness (QED) is 0.691. The molecule has 0 bridgehead atoms. The number of carbonyl (C=O) groups excluding carboxylic acids is 1. The van der Waals surface area contributed by atoms with Crippen LogP contribution in [0.5, 0.6) is 0 Å². The third kappa shape index (κ3) is 4.54. The smallest absolute Gasteiger partial charge is 0.256 e. The Morgan fingerprint density at radius 2 is 1.81 bits per heavy atom. The van der Waals surface area contributed by atoms with Crippen LogP contribution in [-0.2, 0) is 0 Å². The molecular formula is C25H28FN3O2. The number of pyridine rings is 1. The van der Waals surface area contributed by atoms with Crippen molar-refractivity contribution in [2.75, 3.05) is 33.7 Å². The highest BCUT2D eigenvalue weighted by Crippen LogP contribution is 2.24. The molecule has 2 heterocycles. The van der Waals surface area contributed by atoms with Crippen LogP contribution in [0.2, 0.25) is 0 Å². The molecule has 0 radical (unpaired) electrons. The molecule has 1 aliphatic rings. The number of nitrogens with zero attached hydrogens (tertiary/aromatic N) is 2. The van der Waals surface area contributed by atoms with Gasteiger partial charge in [0.05, 0.1) is 5.39 Å². The van der Waals surface area contributed by atoms with Crippen molar-refractivity contribution in [2.24, 2.45) is 5.92 Å². The van der Waals surface area contributed by atoms with Gasteiger partial charge in [0, 0.05) is 24.8 Å². The number of piperidine rings is 1. The summed E-state index contributed by atoms with van der Waals surface area (Å²) in [5.41, 5.74) is 2.46. The van der Waals surface area contributed by atoms with Gasteiger partial charge >= 0.3 is 0 Å². The van der Waals surface area contributed by atoms with Gasteiger partial charge in [-0.3, -0.25) is 9.59 Å². The van der Waals surface area contributed by atoms with Crippen LogP contribution in [0.1, 0.15) is 28.8 Å². The Hall–Kier alpha value is -2.99. The first-order chi connectivity index (χ1) is 14.8. The minimum absolute atomic E-state index is 0.00352. The molecule has 31 heavy (non-hydrogen) atoms. The molecule has 162 valence electrons. The zero-order valence-corrected chi connectivity index (χ0v) is 18.2. The van der Waals surface area contributed by atoms with E-state index >= 15 is 0 Å². The number of rotatable bonds is 4. The normalized spacial score (nSPS) is 15.4. The average Bonchev–Trinajstić information content (AvgIpc) is 2.75. The molecule has 1 fully saturated rings. The van der Waals surface area contributed by atoms with Crippen molar-refractivity contribution in [3.63, 3.8) is 0 Å². The molecular weight excluding hydrogens is 393 g/mol. The van der Waals surface area contributed by atoms with Crippen molar-refractivity contribution in [2.45, 2.75) is 19.8 Å². The maximum atomic E-state index is 13.7. The van der Waals surface area contributed by atoms with E-state index in [0.717, 1.165) is 43.4 Å². The minimum atomic E-state index is -0.421. The van der Waals surface area contributed by atoms with Crippen LogP contribution < -0.4 is 5.56 Å². The average molecular weight is 422 g/mol. The number of aryl methyl sites for hydroxylation is 1. The molecule has 0 saturated carbocycles. The monoisotopic (exact) mass is 421 g/mol. The molecule has 0 aliphatic carbocycles. The second-order valence-corrected chi connectivity index (χ2v) is 8.71. The van der Waals surface area contributed by atoms with Gasteiger partial charge < -0.3 is 14.8 Å². The largest absolute Gasteiger partial charge is 0.341 e. The summed E-state index contributed by atoms with van der Waals surface area (Å²) in [5, 5.41) is 1.06. The Bertz CT molecular complexity index is 1160. The first-order valence-corrected chi connectivity index (χ1v) is 10.7. The Morgan fingerprint density at radius 1 is 1.13 bits per heavy atom. The molecule has 1 aromatic heterocycles. The number of aromatic nitrogens is 1. The molecule has 0 spiro atoms. The van der Waals surface area contributed by atoms with Crippen LogP contribution in [0.3, 0.4) is 0 Å². The molecule has 2 aromatic carbocycles. The number of hydrogen-bond acceptors (Lipinski definition) is 3. The molecule has 0 atom stereocenters. The van der Waals surface area contributed by atoms with E-state index in [-0.39, 0.29) is 11.5 Å². The van der Waals surface area contributed by atoms with Crippen molar-refractivity contribution < 1.29 is 9.18 Å². The highest BCUT2D eigenvalue weighted by atomic mass is 19.1. The number of hydrogen-bond donors (Lipinski definition) is 1. The van der Waals surface area contributed by atoms with E-state index < -0.39 is 5.82 Å². The van der Waals surface area contributed by atoms with E-state index in [2.05, 4.69) is 16.9 Å². The number of amides is 1. The highest BCUT2D eigenvalue weighted by molar-refractivity contribution is 5.94. The zero-order chi connectivity index (χ0) is 22.1. The number of likely N-dealkylation sites (tertiary alicyclic amines) is 1. The van der Waals surface area contributed by atoms with Crippen LogP contribution in [0.25, 0.3) is 22.0 Å². The topological polar surface area (TPSA) is 56.4 Å².